The van der Waals surface area contributed by atoms with E-state index in [2.05, 4.69) is 34.1 Å². The summed E-state index contributed by atoms with van der Waals surface area (Å²) < 4.78 is 0. The number of pyridine rings is 1. The Balaban J connectivity index is 1.89. The van der Waals surface area contributed by atoms with Crippen molar-refractivity contribution >= 4 is 23.1 Å². The number of aromatic nitrogens is 1. The third-order valence-electron chi connectivity index (χ3n) is 3.24. The Kier molecular flexibility index (Phi) is 3.34. The van der Waals surface area contributed by atoms with E-state index in [0.29, 0.717) is 0 Å². The highest BCUT2D eigenvalue weighted by molar-refractivity contribution is 7.99. The molecule has 0 atom stereocenters. The second kappa shape index (κ2) is 5.13. The maximum Gasteiger partial charge on any atom is 0.0602 e. The first-order valence-corrected chi connectivity index (χ1v) is 7.41. The van der Waals surface area contributed by atoms with Crippen molar-refractivity contribution in [1.29, 1.82) is 0 Å². The molecule has 2 N–H and O–H groups in total. The van der Waals surface area contributed by atoms with E-state index in [1.54, 1.807) is 0 Å². The van der Waals surface area contributed by atoms with Gasteiger partial charge in [0.05, 0.1) is 17.9 Å². The first-order valence-electron chi connectivity index (χ1n) is 6.42. The van der Waals surface area contributed by atoms with Crippen LogP contribution in [0.4, 0.5) is 11.4 Å². The third kappa shape index (κ3) is 2.68. The molecule has 0 aliphatic carbocycles. The number of nitrogen functional groups attached to an aromatic ring is 1. The number of rotatable bonds is 2. The van der Waals surface area contributed by atoms with Crippen LogP contribution in [0, 0.1) is 6.92 Å². The van der Waals surface area contributed by atoms with Gasteiger partial charge < -0.3 is 10.6 Å². The van der Waals surface area contributed by atoms with Crippen LogP contribution < -0.4 is 10.6 Å². The van der Waals surface area contributed by atoms with Crippen molar-refractivity contribution in [3.8, 4) is 0 Å². The van der Waals surface area contributed by atoms with Gasteiger partial charge in [0.1, 0.15) is 0 Å². The fraction of sp³-hybridized carbons (Fsp3) is 0.267. The number of hydrogen-bond donors (Lipinski definition) is 1. The third-order valence-corrected chi connectivity index (χ3v) is 4.28. The van der Waals surface area contributed by atoms with Gasteiger partial charge in [0.25, 0.3) is 0 Å². The Morgan fingerprint density at radius 2 is 2.21 bits per heavy atom. The number of thioether (sulfide) groups is 1. The molecule has 2 heterocycles. The molecule has 98 valence electrons. The standard InChI is InChI=1S/C15H17N3S/c1-11-3-2-4-13(17-11)10-18-7-8-19-15-6-5-12(16)9-14(15)18/h2-6,9H,7-8,10,16H2,1H3. The van der Waals surface area contributed by atoms with Gasteiger partial charge in [0.15, 0.2) is 0 Å². The summed E-state index contributed by atoms with van der Waals surface area (Å²) in [5, 5.41) is 0. The largest absolute Gasteiger partial charge is 0.399 e. The fourth-order valence-corrected chi connectivity index (χ4v) is 3.37. The van der Waals surface area contributed by atoms with Gasteiger partial charge in [-0.3, -0.25) is 4.98 Å². The average Bonchev–Trinajstić information content (AvgIpc) is 2.39. The molecule has 0 spiro atoms. The highest BCUT2D eigenvalue weighted by Gasteiger charge is 2.18. The van der Waals surface area contributed by atoms with Crippen molar-refractivity contribution in [1.82, 2.24) is 4.98 Å². The molecular weight excluding hydrogens is 254 g/mol. The molecule has 0 amide bonds. The molecule has 0 fully saturated rings. The monoisotopic (exact) mass is 271 g/mol. The summed E-state index contributed by atoms with van der Waals surface area (Å²) in [6.07, 6.45) is 0. The van der Waals surface area contributed by atoms with Crippen LogP contribution in [-0.2, 0) is 6.54 Å². The zero-order valence-corrected chi connectivity index (χ0v) is 11.8. The van der Waals surface area contributed by atoms with Crippen LogP contribution in [0.3, 0.4) is 0 Å². The van der Waals surface area contributed by atoms with Gasteiger partial charge in [0.2, 0.25) is 0 Å². The molecule has 1 aromatic carbocycles. The van der Waals surface area contributed by atoms with Gasteiger partial charge in [-0.1, -0.05) is 6.07 Å². The van der Waals surface area contributed by atoms with Gasteiger partial charge in [-0.25, -0.2) is 0 Å². The van der Waals surface area contributed by atoms with E-state index in [9.17, 15) is 0 Å². The molecule has 0 bridgehead atoms. The van der Waals surface area contributed by atoms with Crippen molar-refractivity contribution in [2.24, 2.45) is 0 Å². The predicted molar refractivity (Wildman–Crippen MR) is 81.6 cm³/mol. The van der Waals surface area contributed by atoms with Crippen LogP contribution in [0.1, 0.15) is 11.4 Å². The first kappa shape index (κ1) is 12.4. The van der Waals surface area contributed by atoms with E-state index in [1.165, 1.54) is 10.6 Å². The minimum atomic E-state index is 0.823. The normalized spacial score (nSPS) is 14.3. The van der Waals surface area contributed by atoms with E-state index in [4.69, 9.17) is 5.73 Å². The minimum Gasteiger partial charge on any atom is -0.399 e. The number of anilines is 2. The molecule has 0 saturated carbocycles. The highest BCUT2D eigenvalue weighted by atomic mass is 32.2. The maximum atomic E-state index is 5.91. The van der Waals surface area contributed by atoms with Crippen LogP contribution in [-0.4, -0.2) is 17.3 Å². The van der Waals surface area contributed by atoms with Crippen molar-refractivity contribution in [3.63, 3.8) is 0 Å². The van der Waals surface area contributed by atoms with Gasteiger partial charge in [-0.15, -0.1) is 11.8 Å². The van der Waals surface area contributed by atoms with Crippen LogP contribution in [0.25, 0.3) is 0 Å². The lowest BCUT2D eigenvalue weighted by molar-refractivity contribution is 0.794. The van der Waals surface area contributed by atoms with Gasteiger partial charge >= 0.3 is 0 Å². The fourth-order valence-electron chi connectivity index (χ4n) is 2.34. The van der Waals surface area contributed by atoms with Crippen molar-refractivity contribution in [3.05, 3.63) is 47.8 Å². The zero-order valence-electron chi connectivity index (χ0n) is 11.0. The average molecular weight is 271 g/mol. The minimum absolute atomic E-state index is 0.823. The van der Waals surface area contributed by atoms with Gasteiger partial charge in [-0.2, -0.15) is 0 Å². The molecule has 3 nitrogen and oxygen atoms in total. The molecule has 19 heavy (non-hydrogen) atoms. The summed E-state index contributed by atoms with van der Waals surface area (Å²) in [4.78, 5) is 8.26. The van der Waals surface area contributed by atoms with E-state index >= 15 is 0 Å². The van der Waals surface area contributed by atoms with Crippen molar-refractivity contribution in [2.75, 3.05) is 22.9 Å². The lowest BCUT2D eigenvalue weighted by atomic mass is 10.2. The van der Waals surface area contributed by atoms with Crippen LogP contribution >= 0.6 is 11.8 Å². The first-order chi connectivity index (χ1) is 9.22. The summed E-state index contributed by atoms with van der Waals surface area (Å²) in [5.74, 6) is 1.11. The Bertz CT molecular complexity index is 598. The molecule has 0 unspecified atom stereocenters. The second-order valence-corrected chi connectivity index (χ2v) is 5.90. The van der Waals surface area contributed by atoms with Crippen molar-refractivity contribution < 1.29 is 0 Å². The van der Waals surface area contributed by atoms with E-state index in [0.717, 1.165) is 35.9 Å². The number of fused-ring (bicyclic) bond motifs is 1. The zero-order chi connectivity index (χ0) is 13.2. The summed E-state index contributed by atoms with van der Waals surface area (Å²) in [7, 11) is 0. The smallest absolute Gasteiger partial charge is 0.0602 e. The predicted octanol–water partition coefficient (Wildman–Crippen LogP) is 3.08. The SMILES string of the molecule is Cc1cccc(CN2CCSc3ccc(N)cc32)n1. The number of nitrogens with zero attached hydrogens (tertiary/aromatic N) is 2. The summed E-state index contributed by atoms with van der Waals surface area (Å²) >= 11 is 1.90. The Hall–Kier alpha value is -1.68. The Morgan fingerprint density at radius 3 is 3.05 bits per heavy atom. The number of aryl methyl sites for hydroxylation is 1. The van der Waals surface area contributed by atoms with Crippen LogP contribution in [0.5, 0.6) is 0 Å². The Labute approximate surface area is 117 Å². The van der Waals surface area contributed by atoms with E-state index in [1.807, 2.05) is 30.8 Å². The second-order valence-electron chi connectivity index (χ2n) is 4.77. The molecule has 4 heteroatoms. The number of benzene rings is 1. The summed E-state index contributed by atoms with van der Waals surface area (Å²) in [6, 6.07) is 12.3. The summed E-state index contributed by atoms with van der Waals surface area (Å²) in [5.41, 5.74) is 10.1. The van der Waals surface area contributed by atoms with Crippen LogP contribution in [0.15, 0.2) is 41.3 Å². The summed E-state index contributed by atoms with van der Waals surface area (Å²) in [6.45, 7) is 3.91. The van der Waals surface area contributed by atoms with E-state index < -0.39 is 0 Å². The molecule has 1 aliphatic rings. The molecule has 1 aliphatic heterocycles. The molecular formula is C15H17N3S. The number of hydrogen-bond acceptors (Lipinski definition) is 4. The molecule has 1 aromatic heterocycles. The number of nitrogens with two attached hydrogens (primary N) is 1. The topological polar surface area (TPSA) is 42.1 Å². The van der Waals surface area contributed by atoms with E-state index in [-0.39, 0.29) is 0 Å². The molecule has 0 radical (unpaired) electrons. The lowest BCUT2D eigenvalue weighted by Gasteiger charge is -2.30. The lowest BCUT2D eigenvalue weighted by Crippen LogP contribution is -2.29. The molecule has 2 aromatic rings. The van der Waals surface area contributed by atoms with Crippen LogP contribution in [0.2, 0.25) is 0 Å². The molecule has 0 saturated heterocycles. The quantitative estimate of drug-likeness (QED) is 0.852. The Morgan fingerprint density at radius 1 is 1.32 bits per heavy atom. The highest BCUT2D eigenvalue weighted by Crippen LogP contribution is 2.36. The molecule has 3 rings (SSSR count). The maximum absolute atomic E-state index is 5.91. The van der Waals surface area contributed by atoms with Crippen molar-refractivity contribution in [2.45, 2.75) is 18.4 Å². The van der Waals surface area contributed by atoms with Gasteiger partial charge in [-0.05, 0) is 37.3 Å². The van der Waals surface area contributed by atoms with Gasteiger partial charge in [0, 0.05) is 28.6 Å².